The summed E-state index contributed by atoms with van der Waals surface area (Å²) < 4.78 is 18.5. The number of benzene rings is 1. The normalized spacial score (nSPS) is 12.5. The van der Waals surface area contributed by atoms with Crippen LogP contribution < -0.4 is 10.1 Å². The molecule has 1 aromatic rings. The number of methoxy groups -OCH3 is 1. The topological polar surface area (TPSA) is 41.5 Å². The molecule has 0 amide bonds. The fourth-order valence-corrected chi connectivity index (χ4v) is 1.26. The minimum atomic E-state index is -1.18. The molecule has 0 aromatic heterocycles. The Morgan fingerprint density at radius 2 is 2.29 bits per heavy atom. The molecule has 0 radical (unpaired) electrons. The molecular weight excluding hydrogens is 185 g/mol. The Kier molecular flexibility index (Phi) is 3.71. The Morgan fingerprint density at radius 1 is 1.57 bits per heavy atom. The predicted molar refractivity (Wildman–Crippen MR) is 52.4 cm³/mol. The lowest BCUT2D eigenvalue weighted by atomic mass is 10.1. The van der Waals surface area contributed by atoms with Gasteiger partial charge < -0.3 is 15.2 Å². The van der Waals surface area contributed by atoms with Gasteiger partial charge in [-0.3, -0.25) is 0 Å². The molecule has 0 spiro atoms. The third-order valence-electron chi connectivity index (χ3n) is 1.93. The molecule has 14 heavy (non-hydrogen) atoms. The van der Waals surface area contributed by atoms with Gasteiger partial charge in [-0.2, -0.15) is 0 Å². The molecular formula is C10H14FNO2. The van der Waals surface area contributed by atoms with E-state index in [2.05, 4.69) is 5.32 Å². The van der Waals surface area contributed by atoms with Gasteiger partial charge in [-0.1, -0.05) is 0 Å². The lowest BCUT2D eigenvalue weighted by Crippen LogP contribution is -2.14. The number of halogens is 1. The highest BCUT2D eigenvalue weighted by Gasteiger charge is 2.14. The summed E-state index contributed by atoms with van der Waals surface area (Å²) in [7, 11) is 3.14. The Morgan fingerprint density at radius 3 is 2.86 bits per heavy atom. The summed E-state index contributed by atoms with van der Waals surface area (Å²) in [5, 5.41) is 11.9. The largest absolute Gasteiger partial charge is 0.508 e. The van der Waals surface area contributed by atoms with Crippen molar-refractivity contribution in [3.8, 4) is 11.5 Å². The van der Waals surface area contributed by atoms with Crippen LogP contribution in [0.5, 0.6) is 11.5 Å². The van der Waals surface area contributed by atoms with E-state index in [4.69, 9.17) is 4.74 Å². The molecule has 3 nitrogen and oxygen atoms in total. The molecule has 0 aliphatic carbocycles. The van der Waals surface area contributed by atoms with Gasteiger partial charge in [0.1, 0.15) is 17.7 Å². The molecule has 4 heteroatoms. The minimum absolute atomic E-state index is 0.0413. The van der Waals surface area contributed by atoms with Gasteiger partial charge in [-0.25, -0.2) is 4.39 Å². The minimum Gasteiger partial charge on any atom is -0.508 e. The molecule has 2 N–H and O–H groups in total. The van der Waals surface area contributed by atoms with Crippen LogP contribution in [0.3, 0.4) is 0 Å². The van der Waals surface area contributed by atoms with Gasteiger partial charge in [0.15, 0.2) is 0 Å². The summed E-state index contributed by atoms with van der Waals surface area (Å²) in [6, 6.07) is 4.39. The second-order valence-corrected chi connectivity index (χ2v) is 2.95. The quantitative estimate of drug-likeness (QED) is 0.774. The molecule has 1 atom stereocenters. The molecule has 1 rings (SSSR count). The zero-order valence-electron chi connectivity index (χ0n) is 8.25. The summed E-state index contributed by atoms with van der Waals surface area (Å²) in [6.45, 7) is 0.194. The van der Waals surface area contributed by atoms with Gasteiger partial charge in [0.2, 0.25) is 0 Å². The molecule has 0 bridgehead atoms. The standard InChI is InChI=1S/C10H14FNO2/c1-12-6-9(11)8-5-7(13)3-4-10(8)14-2/h3-5,9,12-13H,6H2,1-2H3. The second-order valence-electron chi connectivity index (χ2n) is 2.95. The average Bonchev–Trinajstić information content (AvgIpc) is 2.18. The first-order valence-corrected chi connectivity index (χ1v) is 4.34. The maximum absolute atomic E-state index is 13.5. The van der Waals surface area contributed by atoms with E-state index >= 15 is 0 Å². The fourth-order valence-electron chi connectivity index (χ4n) is 1.26. The van der Waals surface area contributed by atoms with Gasteiger partial charge in [-0.05, 0) is 25.2 Å². The number of hydrogen-bond donors (Lipinski definition) is 2. The molecule has 0 saturated heterocycles. The third-order valence-corrected chi connectivity index (χ3v) is 1.93. The van der Waals surface area contributed by atoms with E-state index in [0.717, 1.165) is 0 Å². The highest BCUT2D eigenvalue weighted by Crippen LogP contribution is 2.30. The van der Waals surface area contributed by atoms with Crippen molar-refractivity contribution in [2.45, 2.75) is 6.17 Å². The highest BCUT2D eigenvalue weighted by atomic mass is 19.1. The molecule has 0 fully saturated rings. The zero-order chi connectivity index (χ0) is 10.6. The van der Waals surface area contributed by atoms with Crippen LogP contribution in [-0.2, 0) is 0 Å². The Bertz CT molecular complexity index is 304. The van der Waals surface area contributed by atoms with Crippen molar-refractivity contribution in [2.75, 3.05) is 20.7 Å². The predicted octanol–water partition coefficient (Wildman–Crippen LogP) is 1.63. The molecule has 0 heterocycles. The van der Waals surface area contributed by atoms with Gasteiger partial charge in [0.05, 0.1) is 7.11 Å². The van der Waals surface area contributed by atoms with Crippen molar-refractivity contribution in [2.24, 2.45) is 0 Å². The van der Waals surface area contributed by atoms with Crippen LogP contribution in [0.15, 0.2) is 18.2 Å². The van der Waals surface area contributed by atoms with Crippen molar-refractivity contribution in [3.63, 3.8) is 0 Å². The summed E-state index contributed by atoms with van der Waals surface area (Å²) in [6.07, 6.45) is -1.18. The molecule has 1 unspecified atom stereocenters. The van der Waals surface area contributed by atoms with E-state index in [-0.39, 0.29) is 12.3 Å². The van der Waals surface area contributed by atoms with Gasteiger partial charge >= 0.3 is 0 Å². The van der Waals surface area contributed by atoms with E-state index < -0.39 is 6.17 Å². The lowest BCUT2D eigenvalue weighted by Gasteiger charge is -2.12. The van der Waals surface area contributed by atoms with E-state index in [0.29, 0.717) is 11.3 Å². The van der Waals surface area contributed by atoms with Crippen LogP contribution in [0.2, 0.25) is 0 Å². The Balaban J connectivity index is 2.97. The average molecular weight is 199 g/mol. The maximum atomic E-state index is 13.5. The van der Waals surface area contributed by atoms with Crippen molar-refractivity contribution in [3.05, 3.63) is 23.8 Å². The van der Waals surface area contributed by atoms with Crippen molar-refractivity contribution >= 4 is 0 Å². The first kappa shape index (κ1) is 10.8. The number of phenolic OH excluding ortho intramolecular Hbond substituents is 1. The number of ether oxygens (including phenoxy) is 1. The lowest BCUT2D eigenvalue weighted by molar-refractivity contribution is 0.316. The number of hydrogen-bond acceptors (Lipinski definition) is 3. The van der Waals surface area contributed by atoms with Crippen LogP contribution >= 0.6 is 0 Å². The van der Waals surface area contributed by atoms with Crippen LogP contribution in [0.25, 0.3) is 0 Å². The fraction of sp³-hybridized carbons (Fsp3) is 0.400. The first-order chi connectivity index (χ1) is 6.69. The summed E-state index contributed by atoms with van der Waals surface area (Å²) in [5.74, 6) is 0.491. The smallest absolute Gasteiger partial charge is 0.141 e. The van der Waals surface area contributed by atoms with Crippen molar-refractivity contribution < 1.29 is 14.2 Å². The summed E-state index contributed by atoms with van der Waals surface area (Å²) in [5.41, 5.74) is 0.363. The Labute approximate surface area is 82.5 Å². The number of rotatable bonds is 4. The highest BCUT2D eigenvalue weighted by molar-refractivity contribution is 5.41. The van der Waals surface area contributed by atoms with Gasteiger partial charge in [0.25, 0.3) is 0 Å². The van der Waals surface area contributed by atoms with Crippen LogP contribution in [-0.4, -0.2) is 25.8 Å². The number of nitrogens with one attached hydrogen (secondary N) is 1. The van der Waals surface area contributed by atoms with Gasteiger partial charge in [-0.15, -0.1) is 0 Å². The summed E-state index contributed by atoms with van der Waals surface area (Å²) in [4.78, 5) is 0. The molecule has 0 aliphatic heterocycles. The number of likely N-dealkylation sites (N-methyl/N-ethyl adjacent to an activating group) is 1. The Hall–Kier alpha value is -1.29. The number of aromatic hydroxyl groups is 1. The van der Waals surface area contributed by atoms with Crippen molar-refractivity contribution in [1.82, 2.24) is 5.32 Å². The van der Waals surface area contributed by atoms with Crippen molar-refractivity contribution in [1.29, 1.82) is 0 Å². The summed E-state index contributed by atoms with van der Waals surface area (Å²) >= 11 is 0. The zero-order valence-corrected chi connectivity index (χ0v) is 8.25. The third kappa shape index (κ3) is 2.35. The van der Waals surface area contributed by atoms with E-state index in [1.807, 2.05) is 0 Å². The van der Waals surface area contributed by atoms with Gasteiger partial charge in [0, 0.05) is 12.1 Å². The molecule has 78 valence electrons. The molecule has 0 saturated carbocycles. The van der Waals surface area contributed by atoms with Crippen LogP contribution in [0.1, 0.15) is 11.7 Å². The molecule has 1 aromatic carbocycles. The van der Waals surface area contributed by atoms with E-state index in [1.54, 1.807) is 13.1 Å². The van der Waals surface area contributed by atoms with E-state index in [9.17, 15) is 9.50 Å². The molecule has 0 aliphatic rings. The van der Waals surface area contributed by atoms with E-state index in [1.165, 1.54) is 19.2 Å². The SMILES string of the molecule is CNCC(F)c1cc(O)ccc1OC. The first-order valence-electron chi connectivity index (χ1n) is 4.34. The van der Waals surface area contributed by atoms with Crippen LogP contribution in [0, 0.1) is 0 Å². The maximum Gasteiger partial charge on any atom is 0.141 e. The second kappa shape index (κ2) is 4.81. The van der Waals surface area contributed by atoms with Crippen LogP contribution in [0.4, 0.5) is 4.39 Å². The number of phenols is 1. The number of alkyl halides is 1. The monoisotopic (exact) mass is 199 g/mol.